The summed E-state index contributed by atoms with van der Waals surface area (Å²) in [5.74, 6) is 0.761. The van der Waals surface area contributed by atoms with E-state index in [9.17, 15) is 5.26 Å². The number of ether oxygens (including phenoxy) is 1. The average molecular weight is 343 g/mol. The Balaban J connectivity index is 1.95. The lowest BCUT2D eigenvalue weighted by molar-refractivity contribution is 0.413. The van der Waals surface area contributed by atoms with Crippen molar-refractivity contribution in [1.29, 1.82) is 5.26 Å². The molecule has 0 atom stereocenters. The lowest BCUT2D eigenvalue weighted by atomic mass is 10.1. The number of benzene rings is 1. The van der Waals surface area contributed by atoms with Crippen LogP contribution in [0.5, 0.6) is 5.75 Å². The fourth-order valence-electron chi connectivity index (χ4n) is 2.12. The summed E-state index contributed by atoms with van der Waals surface area (Å²) in [4.78, 5) is 7.93. The van der Waals surface area contributed by atoms with Gasteiger partial charge in [0.15, 0.2) is 0 Å². The van der Waals surface area contributed by atoms with Crippen molar-refractivity contribution in [3.05, 3.63) is 63.5 Å². The van der Waals surface area contributed by atoms with Gasteiger partial charge < -0.3 is 10.1 Å². The second kappa shape index (κ2) is 6.73. The van der Waals surface area contributed by atoms with E-state index >= 15 is 0 Å². The van der Waals surface area contributed by atoms with E-state index in [1.807, 2.05) is 29.7 Å². The van der Waals surface area contributed by atoms with Crippen molar-refractivity contribution in [1.82, 2.24) is 15.3 Å². The molecule has 0 saturated heterocycles. The zero-order valence-electron chi connectivity index (χ0n) is 12.1. The first-order valence-corrected chi connectivity index (χ1v) is 7.89. The summed E-state index contributed by atoms with van der Waals surface area (Å²) in [6.45, 7) is 0. The third kappa shape index (κ3) is 3.16. The van der Waals surface area contributed by atoms with Gasteiger partial charge in [0.2, 0.25) is 5.28 Å². The highest BCUT2D eigenvalue weighted by Gasteiger charge is 2.20. The molecule has 2 heterocycles. The number of nitrogens with zero attached hydrogens (tertiary/aromatic N) is 3. The smallest absolute Gasteiger partial charge is 0.222 e. The molecule has 0 amide bonds. The number of thioether (sulfide) groups is 1. The predicted octanol–water partition coefficient (Wildman–Crippen LogP) is 3.67. The average Bonchev–Trinajstić information content (AvgIpc) is 3.05. The quantitative estimate of drug-likeness (QED) is 0.678. The molecule has 7 heteroatoms. The first-order valence-electron chi connectivity index (χ1n) is 6.63. The minimum absolute atomic E-state index is 0.108. The number of hydrogen-bond acceptors (Lipinski definition) is 6. The molecular weight excluding hydrogens is 332 g/mol. The zero-order chi connectivity index (χ0) is 16.2. The van der Waals surface area contributed by atoms with Crippen molar-refractivity contribution in [2.45, 2.75) is 0 Å². The lowest BCUT2D eigenvalue weighted by Gasteiger charge is -2.10. The standard InChI is InChI=1S/C16H11ClN4OS/c1-22-14-5-3-2-4-10(14)13-9-23-15(20-13)11(8-18)12-6-7-19-16(17)21-12/h2-7,9,20H,1H3/b15-11-. The Hall–Kier alpha value is -2.49. The van der Waals surface area contributed by atoms with Crippen molar-refractivity contribution in [2.75, 3.05) is 7.11 Å². The molecule has 114 valence electrons. The fourth-order valence-corrected chi connectivity index (χ4v) is 3.12. The monoisotopic (exact) mass is 342 g/mol. The summed E-state index contributed by atoms with van der Waals surface area (Å²) in [7, 11) is 1.63. The van der Waals surface area contributed by atoms with Crippen molar-refractivity contribution >= 4 is 34.6 Å². The van der Waals surface area contributed by atoms with Crippen LogP contribution in [-0.4, -0.2) is 17.1 Å². The highest BCUT2D eigenvalue weighted by molar-refractivity contribution is 8.06. The molecule has 1 N–H and O–H groups in total. The first kappa shape index (κ1) is 15.4. The predicted molar refractivity (Wildman–Crippen MR) is 91.3 cm³/mol. The fraction of sp³-hybridized carbons (Fsp3) is 0.0625. The van der Waals surface area contributed by atoms with Crippen LogP contribution >= 0.6 is 23.4 Å². The largest absolute Gasteiger partial charge is 0.496 e. The Labute approximate surface area is 142 Å². The van der Waals surface area contributed by atoms with E-state index in [2.05, 4.69) is 21.4 Å². The second-order valence-corrected chi connectivity index (χ2v) is 5.72. The molecule has 2 aromatic rings. The van der Waals surface area contributed by atoms with Gasteiger partial charge in [0.05, 0.1) is 23.5 Å². The Morgan fingerprint density at radius 1 is 1.35 bits per heavy atom. The third-order valence-electron chi connectivity index (χ3n) is 3.16. The van der Waals surface area contributed by atoms with Gasteiger partial charge in [-0.25, -0.2) is 9.97 Å². The maximum atomic E-state index is 9.48. The van der Waals surface area contributed by atoms with Crippen molar-refractivity contribution in [3.8, 4) is 11.8 Å². The van der Waals surface area contributed by atoms with Crippen molar-refractivity contribution in [2.24, 2.45) is 0 Å². The summed E-state index contributed by atoms with van der Waals surface area (Å²) in [5, 5.41) is 15.5. The van der Waals surface area contributed by atoms with Crippen LogP contribution in [0.3, 0.4) is 0 Å². The maximum Gasteiger partial charge on any atom is 0.222 e. The molecule has 0 saturated carbocycles. The van der Waals surface area contributed by atoms with Crippen LogP contribution < -0.4 is 10.1 Å². The van der Waals surface area contributed by atoms with E-state index in [0.717, 1.165) is 17.0 Å². The normalized spacial score (nSPS) is 15.4. The van der Waals surface area contributed by atoms with Crippen LogP contribution in [0.15, 0.2) is 47.0 Å². The van der Waals surface area contributed by atoms with Gasteiger partial charge in [-0.15, -0.1) is 0 Å². The molecule has 0 aliphatic carbocycles. The summed E-state index contributed by atoms with van der Waals surface area (Å²) < 4.78 is 5.37. The number of rotatable bonds is 3. The van der Waals surface area contributed by atoms with Gasteiger partial charge in [0.25, 0.3) is 0 Å². The molecule has 0 bridgehead atoms. The molecule has 0 unspecified atom stereocenters. The molecule has 1 aliphatic rings. The zero-order valence-corrected chi connectivity index (χ0v) is 13.6. The van der Waals surface area contributed by atoms with Gasteiger partial charge in [-0.05, 0) is 29.8 Å². The second-order valence-electron chi connectivity index (χ2n) is 4.50. The van der Waals surface area contributed by atoms with E-state index < -0.39 is 0 Å². The van der Waals surface area contributed by atoms with E-state index in [0.29, 0.717) is 16.3 Å². The van der Waals surface area contributed by atoms with Gasteiger partial charge >= 0.3 is 0 Å². The van der Waals surface area contributed by atoms with Gasteiger partial charge in [0.1, 0.15) is 17.4 Å². The number of aromatic nitrogens is 2. The topological polar surface area (TPSA) is 70.8 Å². The first-order chi connectivity index (χ1) is 11.2. The minimum Gasteiger partial charge on any atom is -0.496 e. The molecule has 3 rings (SSSR count). The molecule has 0 radical (unpaired) electrons. The number of para-hydroxylation sites is 1. The van der Waals surface area contributed by atoms with Gasteiger partial charge in [-0.1, -0.05) is 23.9 Å². The maximum absolute atomic E-state index is 9.48. The van der Waals surface area contributed by atoms with Crippen LogP contribution in [0.4, 0.5) is 0 Å². The van der Waals surface area contributed by atoms with Gasteiger partial charge in [0, 0.05) is 17.2 Å². The number of halogens is 1. The number of allylic oxidation sites excluding steroid dienone is 1. The summed E-state index contributed by atoms with van der Waals surface area (Å²) in [6.07, 6.45) is 1.52. The van der Waals surface area contributed by atoms with Crippen LogP contribution in [0.1, 0.15) is 11.3 Å². The molecule has 23 heavy (non-hydrogen) atoms. The van der Waals surface area contributed by atoms with E-state index in [4.69, 9.17) is 16.3 Å². The molecule has 0 spiro atoms. The third-order valence-corrected chi connectivity index (χ3v) is 4.24. The van der Waals surface area contributed by atoms with Crippen LogP contribution in [-0.2, 0) is 0 Å². The Bertz CT molecular complexity index is 857. The summed E-state index contributed by atoms with van der Waals surface area (Å²) in [6, 6.07) is 11.5. The minimum atomic E-state index is 0.108. The van der Waals surface area contributed by atoms with Crippen LogP contribution in [0.25, 0.3) is 11.3 Å². The van der Waals surface area contributed by atoms with Gasteiger partial charge in [-0.2, -0.15) is 5.26 Å². The Morgan fingerprint density at radius 3 is 2.91 bits per heavy atom. The van der Waals surface area contributed by atoms with Crippen molar-refractivity contribution in [3.63, 3.8) is 0 Å². The molecule has 5 nitrogen and oxygen atoms in total. The van der Waals surface area contributed by atoms with E-state index in [1.54, 1.807) is 13.2 Å². The van der Waals surface area contributed by atoms with E-state index in [-0.39, 0.29) is 5.28 Å². The number of nitriles is 1. The highest BCUT2D eigenvalue weighted by atomic mass is 35.5. The summed E-state index contributed by atoms with van der Waals surface area (Å²) >= 11 is 7.23. The van der Waals surface area contributed by atoms with Gasteiger partial charge in [-0.3, -0.25) is 0 Å². The highest BCUT2D eigenvalue weighted by Crippen LogP contribution is 2.37. The lowest BCUT2D eigenvalue weighted by Crippen LogP contribution is -2.08. The van der Waals surface area contributed by atoms with Crippen molar-refractivity contribution < 1.29 is 4.74 Å². The van der Waals surface area contributed by atoms with Crippen LogP contribution in [0.2, 0.25) is 5.28 Å². The molecule has 1 aliphatic heterocycles. The Kier molecular flexibility index (Phi) is 4.51. The molecular formula is C16H11ClN4OS. The molecule has 0 fully saturated rings. The molecule has 1 aromatic heterocycles. The Morgan fingerprint density at radius 2 is 2.17 bits per heavy atom. The van der Waals surface area contributed by atoms with Crippen LogP contribution in [0, 0.1) is 11.3 Å². The number of methoxy groups -OCH3 is 1. The molecule has 1 aromatic carbocycles. The number of hydrogen-bond donors (Lipinski definition) is 1. The van der Waals surface area contributed by atoms with E-state index in [1.165, 1.54) is 18.0 Å². The number of nitrogens with one attached hydrogen (secondary N) is 1. The summed E-state index contributed by atoms with van der Waals surface area (Å²) in [5.41, 5.74) is 2.70. The SMILES string of the molecule is COc1ccccc1C1=CS/C(=C(/C#N)c2ccnc(Cl)n2)N1.